The van der Waals surface area contributed by atoms with Crippen molar-refractivity contribution < 1.29 is 14.2 Å². The second kappa shape index (κ2) is 10.5. The van der Waals surface area contributed by atoms with Crippen molar-refractivity contribution in [3.05, 3.63) is 70.2 Å². The van der Waals surface area contributed by atoms with Crippen LogP contribution in [0.1, 0.15) is 43.4 Å². The third kappa shape index (κ3) is 4.91. The Hall–Kier alpha value is -3.03. The fourth-order valence-corrected chi connectivity index (χ4v) is 4.58. The lowest BCUT2D eigenvalue weighted by Crippen LogP contribution is -2.12. The third-order valence-corrected chi connectivity index (χ3v) is 6.72. The topological polar surface area (TPSA) is 82.4 Å². The van der Waals surface area contributed by atoms with Gasteiger partial charge in [0, 0.05) is 24.7 Å². The first-order valence-corrected chi connectivity index (χ1v) is 12.1. The summed E-state index contributed by atoms with van der Waals surface area (Å²) in [6, 6.07) is 17.9. The molecule has 0 bridgehead atoms. The summed E-state index contributed by atoms with van der Waals surface area (Å²) in [5, 5.41) is 0. The molecule has 4 aromatic rings. The minimum absolute atomic E-state index is 0.317. The van der Waals surface area contributed by atoms with E-state index in [1.165, 1.54) is 5.56 Å². The second-order valence-electron chi connectivity index (χ2n) is 8.49. The Balaban J connectivity index is 1.78. The third-order valence-electron chi connectivity index (χ3n) is 5.89. The van der Waals surface area contributed by atoms with Gasteiger partial charge in [0.15, 0.2) is 0 Å². The summed E-state index contributed by atoms with van der Waals surface area (Å²) in [7, 11) is 3.34. The van der Waals surface area contributed by atoms with Gasteiger partial charge in [-0.15, -0.1) is 0 Å². The SMILES string of the molecule is COCCC(Oc1ccccc1N)c1cc(OC)c2[nH]c(-c3ccc(C(C)C)cc3)nc2c1Br. The number of nitrogens with zero attached hydrogens (tertiary/aromatic N) is 1. The minimum Gasteiger partial charge on any atom is -0.494 e. The average molecular weight is 524 g/mol. The molecule has 0 aliphatic carbocycles. The number of nitrogens with two attached hydrogens (primary N) is 1. The number of nitrogen functional groups attached to an aromatic ring is 1. The zero-order valence-electron chi connectivity index (χ0n) is 19.9. The number of hydrogen-bond acceptors (Lipinski definition) is 5. The molecule has 0 amide bonds. The summed E-state index contributed by atoms with van der Waals surface area (Å²) in [5.74, 6) is 2.58. The van der Waals surface area contributed by atoms with Gasteiger partial charge in [-0.3, -0.25) is 0 Å². The fourth-order valence-electron chi connectivity index (χ4n) is 3.93. The van der Waals surface area contributed by atoms with Crippen LogP contribution in [0, 0.1) is 0 Å². The minimum atomic E-state index is -0.317. The highest BCUT2D eigenvalue weighted by Gasteiger charge is 2.24. The Morgan fingerprint density at radius 2 is 1.76 bits per heavy atom. The van der Waals surface area contributed by atoms with Crippen molar-refractivity contribution in [3.63, 3.8) is 0 Å². The van der Waals surface area contributed by atoms with Crippen LogP contribution >= 0.6 is 15.9 Å². The number of fused-ring (bicyclic) bond motifs is 1. The Morgan fingerprint density at radius 1 is 1.03 bits per heavy atom. The van der Waals surface area contributed by atoms with Crippen LogP contribution in [0.2, 0.25) is 0 Å². The number of ether oxygens (including phenoxy) is 3. The van der Waals surface area contributed by atoms with Crippen LogP contribution in [0.3, 0.4) is 0 Å². The monoisotopic (exact) mass is 523 g/mol. The first kappa shape index (κ1) is 24.1. The molecule has 0 fully saturated rings. The number of halogens is 1. The Kier molecular flexibility index (Phi) is 7.44. The van der Waals surface area contributed by atoms with E-state index in [1.807, 2.05) is 30.3 Å². The highest BCUT2D eigenvalue weighted by molar-refractivity contribution is 9.10. The Morgan fingerprint density at radius 3 is 2.41 bits per heavy atom. The van der Waals surface area contributed by atoms with Gasteiger partial charge in [0.2, 0.25) is 0 Å². The number of rotatable bonds is 9. The number of nitrogens with one attached hydrogen (secondary N) is 1. The molecule has 3 aromatic carbocycles. The molecule has 0 saturated heterocycles. The molecule has 6 nitrogen and oxygen atoms in total. The van der Waals surface area contributed by atoms with Gasteiger partial charge in [0.05, 0.1) is 23.9 Å². The van der Waals surface area contributed by atoms with Crippen molar-refractivity contribution in [2.75, 3.05) is 26.6 Å². The summed E-state index contributed by atoms with van der Waals surface area (Å²) >= 11 is 3.80. The molecule has 4 rings (SSSR count). The molecule has 0 saturated carbocycles. The number of aromatic nitrogens is 2. The molecule has 1 atom stereocenters. The highest BCUT2D eigenvalue weighted by atomic mass is 79.9. The van der Waals surface area contributed by atoms with Crippen LogP contribution < -0.4 is 15.2 Å². The number of imidazole rings is 1. The van der Waals surface area contributed by atoms with Gasteiger partial charge >= 0.3 is 0 Å². The van der Waals surface area contributed by atoms with Crippen molar-refractivity contribution in [1.82, 2.24) is 9.97 Å². The fraction of sp³-hybridized carbons (Fsp3) is 0.296. The normalized spacial score (nSPS) is 12.3. The van der Waals surface area contributed by atoms with E-state index in [-0.39, 0.29) is 6.10 Å². The average Bonchev–Trinajstić information content (AvgIpc) is 3.30. The van der Waals surface area contributed by atoms with Gasteiger partial charge in [-0.25, -0.2) is 4.98 Å². The summed E-state index contributed by atoms with van der Waals surface area (Å²) in [6.07, 6.45) is 0.314. The second-order valence-corrected chi connectivity index (χ2v) is 9.29. The van der Waals surface area contributed by atoms with Crippen LogP contribution in [0.15, 0.2) is 59.1 Å². The number of H-pyrrole nitrogens is 1. The van der Waals surface area contributed by atoms with Crippen molar-refractivity contribution in [3.8, 4) is 22.9 Å². The number of hydrogen-bond donors (Lipinski definition) is 2. The maximum atomic E-state index is 6.36. The van der Waals surface area contributed by atoms with Crippen molar-refractivity contribution >= 4 is 32.7 Å². The molecular weight excluding hydrogens is 494 g/mol. The zero-order valence-corrected chi connectivity index (χ0v) is 21.5. The van der Waals surface area contributed by atoms with E-state index in [1.54, 1.807) is 14.2 Å². The Labute approximate surface area is 208 Å². The smallest absolute Gasteiger partial charge is 0.145 e. The van der Waals surface area contributed by atoms with Crippen LogP contribution in [-0.2, 0) is 4.74 Å². The molecule has 178 valence electrons. The van der Waals surface area contributed by atoms with Crippen molar-refractivity contribution in [1.29, 1.82) is 0 Å². The number of aromatic amines is 1. The van der Waals surface area contributed by atoms with Gasteiger partial charge < -0.3 is 24.9 Å². The lowest BCUT2D eigenvalue weighted by atomic mass is 10.0. The maximum Gasteiger partial charge on any atom is 0.145 e. The van der Waals surface area contributed by atoms with E-state index in [9.17, 15) is 0 Å². The molecule has 1 unspecified atom stereocenters. The molecule has 7 heteroatoms. The van der Waals surface area contributed by atoms with Gasteiger partial charge in [0.1, 0.15) is 34.5 Å². The first-order chi connectivity index (χ1) is 16.4. The Bertz CT molecular complexity index is 1270. The van der Waals surface area contributed by atoms with E-state index < -0.39 is 0 Å². The largest absolute Gasteiger partial charge is 0.494 e. The molecule has 0 spiro atoms. The maximum absolute atomic E-state index is 6.36. The quantitative estimate of drug-likeness (QED) is 0.234. The highest BCUT2D eigenvalue weighted by Crippen LogP contribution is 2.41. The molecule has 0 aliphatic rings. The van der Waals surface area contributed by atoms with E-state index >= 15 is 0 Å². The lowest BCUT2D eigenvalue weighted by molar-refractivity contribution is 0.126. The summed E-state index contributed by atoms with van der Waals surface area (Å²) in [6.45, 7) is 4.90. The molecule has 1 heterocycles. The molecule has 0 radical (unpaired) electrons. The van der Waals surface area contributed by atoms with Gasteiger partial charge in [-0.2, -0.15) is 0 Å². The van der Waals surface area contributed by atoms with Crippen LogP contribution in [0.5, 0.6) is 11.5 Å². The number of methoxy groups -OCH3 is 2. The number of para-hydroxylation sites is 2. The van der Waals surface area contributed by atoms with Crippen LogP contribution in [-0.4, -0.2) is 30.8 Å². The van der Waals surface area contributed by atoms with E-state index in [0.717, 1.165) is 32.5 Å². The van der Waals surface area contributed by atoms with E-state index in [2.05, 4.69) is 59.0 Å². The van der Waals surface area contributed by atoms with Gasteiger partial charge in [-0.05, 0) is 45.6 Å². The van der Waals surface area contributed by atoms with Gasteiger partial charge in [0.25, 0.3) is 0 Å². The summed E-state index contributed by atoms with van der Waals surface area (Å²) in [5.41, 5.74) is 11.6. The predicted molar refractivity (Wildman–Crippen MR) is 141 cm³/mol. The molecule has 1 aromatic heterocycles. The van der Waals surface area contributed by atoms with Crippen LogP contribution in [0.4, 0.5) is 5.69 Å². The van der Waals surface area contributed by atoms with Gasteiger partial charge in [-0.1, -0.05) is 50.2 Å². The standard InChI is InChI=1S/C27H30BrN3O3/c1-16(2)17-9-11-18(12-10-17)27-30-25-23(33-4)15-19(24(28)26(25)31-27)21(13-14-32-3)34-22-8-6-5-7-20(22)29/h5-12,15-16,21H,13-14,29H2,1-4H3,(H,30,31). The van der Waals surface area contributed by atoms with Crippen LogP contribution in [0.25, 0.3) is 22.4 Å². The summed E-state index contributed by atoms with van der Waals surface area (Å²) < 4.78 is 18.3. The molecule has 3 N–H and O–H groups in total. The molecule has 34 heavy (non-hydrogen) atoms. The number of benzene rings is 3. The molecule has 0 aliphatic heterocycles. The zero-order chi connectivity index (χ0) is 24.2. The van der Waals surface area contributed by atoms with Crippen molar-refractivity contribution in [2.24, 2.45) is 0 Å². The van der Waals surface area contributed by atoms with Crippen molar-refractivity contribution in [2.45, 2.75) is 32.3 Å². The molecular formula is C27H30BrN3O3. The number of anilines is 1. The van der Waals surface area contributed by atoms with E-state index in [4.69, 9.17) is 24.9 Å². The lowest BCUT2D eigenvalue weighted by Gasteiger charge is -2.22. The summed E-state index contributed by atoms with van der Waals surface area (Å²) in [4.78, 5) is 8.36. The van der Waals surface area contributed by atoms with E-state index in [0.29, 0.717) is 36.1 Å². The first-order valence-electron chi connectivity index (χ1n) is 11.3. The predicted octanol–water partition coefficient (Wildman–Crippen LogP) is 6.86.